The molecule has 5 heteroatoms. The molecular formula is C10H18N4O. The number of hydrogen-bond donors (Lipinski definition) is 2. The standard InChI is InChI=1S/C10H18N4O/c1-7(2)13-9(10(11)15)8(3)14-6-4-5-12-14/h4-9,13H,1-3H3,(H2,11,15). The molecule has 0 aromatic carbocycles. The zero-order chi connectivity index (χ0) is 11.4. The molecule has 3 N–H and O–H groups in total. The second-order valence-corrected chi connectivity index (χ2v) is 3.93. The van der Waals surface area contributed by atoms with Crippen molar-refractivity contribution >= 4 is 5.91 Å². The lowest BCUT2D eigenvalue weighted by Crippen LogP contribution is -2.49. The molecule has 0 radical (unpaired) electrons. The SMILES string of the molecule is CC(C)NC(C(N)=O)C(C)n1cccn1. The van der Waals surface area contributed by atoms with Crippen LogP contribution >= 0.6 is 0 Å². The molecule has 0 fully saturated rings. The van der Waals surface area contributed by atoms with E-state index in [9.17, 15) is 4.79 Å². The lowest BCUT2D eigenvalue weighted by molar-refractivity contribution is -0.121. The molecule has 1 rings (SSSR count). The van der Waals surface area contributed by atoms with Crippen LogP contribution in [-0.4, -0.2) is 27.8 Å². The Kier molecular flexibility index (Phi) is 3.85. The van der Waals surface area contributed by atoms with E-state index in [2.05, 4.69) is 10.4 Å². The third-order valence-electron chi connectivity index (χ3n) is 2.24. The minimum absolute atomic E-state index is 0.0834. The van der Waals surface area contributed by atoms with Crippen LogP contribution in [0, 0.1) is 0 Å². The van der Waals surface area contributed by atoms with Crippen LogP contribution in [0.2, 0.25) is 0 Å². The van der Waals surface area contributed by atoms with E-state index in [1.54, 1.807) is 10.9 Å². The van der Waals surface area contributed by atoms with Gasteiger partial charge in [-0.3, -0.25) is 9.48 Å². The van der Waals surface area contributed by atoms with Crippen molar-refractivity contribution in [2.75, 3.05) is 0 Å². The molecule has 15 heavy (non-hydrogen) atoms. The molecule has 1 amide bonds. The Morgan fingerprint density at radius 3 is 2.53 bits per heavy atom. The van der Waals surface area contributed by atoms with Crippen molar-refractivity contribution in [1.29, 1.82) is 0 Å². The number of nitrogens with two attached hydrogens (primary N) is 1. The van der Waals surface area contributed by atoms with Crippen molar-refractivity contribution in [3.8, 4) is 0 Å². The Hall–Kier alpha value is -1.36. The summed E-state index contributed by atoms with van der Waals surface area (Å²) in [5.41, 5.74) is 5.35. The molecule has 1 heterocycles. The summed E-state index contributed by atoms with van der Waals surface area (Å²) in [6.45, 7) is 5.87. The Labute approximate surface area is 89.6 Å². The number of carbonyl (C=O) groups excluding carboxylic acids is 1. The van der Waals surface area contributed by atoms with Crippen molar-refractivity contribution in [2.24, 2.45) is 5.73 Å². The minimum atomic E-state index is -0.398. The minimum Gasteiger partial charge on any atom is -0.368 e. The molecule has 0 saturated carbocycles. The van der Waals surface area contributed by atoms with E-state index >= 15 is 0 Å². The molecule has 0 aliphatic carbocycles. The molecule has 0 aliphatic rings. The third-order valence-corrected chi connectivity index (χ3v) is 2.24. The van der Waals surface area contributed by atoms with Crippen LogP contribution in [0.3, 0.4) is 0 Å². The zero-order valence-electron chi connectivity index (χ0n) is 9.34. The van der Waals surface area contributed by atoms with Gasteiger partial charge in [-0.2, -0.15) is 5.10 Å². The van der Waals surface area contributed by atoms with Gasteiger partial charge in [-0.1, -0.05) is 13.8 Å². The number of primary amides is 1. The summed E-state index contributed by atoms with van der Waals surface area (Å²) in [7, 11) is 0. The topological polar surface area (TPSA) is 72.9 Å². The average molecular weight is 210 g/mol. The third kappa shape index (κ3) is 3.06. The van der Waals surface area contributed by atoms with Crippen molar-refractivity contribution in [1.82, 2.24) is 15.1 Å². The molecule has 0 spiro atoms. The number of nitrogens with one attached hydrogen (secondary N) is 1. The molecular weight excluding hydrogens is 192 g/mol. The van der Waals surface area contributed by atoms with E-state index < -0.39 is 6.04 Å². The highest BCUT2D eigenvalue weighted by Gasteiger charge is 2.24. The monoisotopic (exact) mass is 210 g/mol. The molecule has 84 valence electrons. The van der Waals surface area contributed by atoms with Gasteiger partial charge in [0.25, 0.3) is 0 Å². The molecule has 2 unspecified atom stereocenters. The van der Waals surface area contributed by atoms with Crippen LogP contribution in [0.1, 0.15) is 26.8 Å². The first-order valence-electron chi connectivity index (χ1n) is 5.07. The fourth-order valence-corrected chi connectivity index (χ4v) is 1.49. The summed E-state index contributed by atoms with van der Waals surface area (Å²) in [6, 6.07) is 1.55. The van der Waals surface area contributed by atoms with E-state index in [0.29, 0.717) is 0 Å². The number of aromatic nitrogens is 2. The highest BCUT2D eigenvalue weighted by atomic mass is 16.1. The highest BCUT2D eigenvalue weighted by molar-refractivity contribution is 5.80. The largest absolute Gasteiger partial charge is 0.368 e. The van der Waals surface area contributed by atoms with Crippen LogP contribution in [0.15, 0.2) is 18.5 Å². The number of amides is 1. The van der Waals surface area contributed by atoms with E-state index in [4.69, 9.17) is 5.73 Å². The quantitative estimate of drug-likeness (QED) is 0.734. The van der Waals surface area contributed by atoms with Gasteiger partial charge in [0, 0.05) is 18.4 Å². The van der Waals surface area contributed by atoms with Gasteiger partial charge in [-0.25, -0.2) is 0 Å². The van der Waals surface area contributed by atoms with Gasteiger partial charge in [-0.05, 0) is 13.0 Å². The first-order valence-corrected chi connectivity index (χ1v) is 5.07. The lowest BCUT2D eigenvalue weighted by Gasteiger charge is -2.24. The van der Waals surface area contributed by atoms with E-state index in [0.717, 1.165) is 0 Å². The first-order chi connectivity index (χ1) is 7.02. The van der Waals surface area contributed by atoms with Crippen LogP contribution < -0.4 is 11.1 Å². The van der Waals surface area contributed by atoms with Gasteiger partial charge in [0.1, 0.15) is 6.04 Å². The second-order valence-electron chi connectivity index (χ2n) is 3.93. The summed E-state index contributed by atoms with van der Waals surface area (Å²) >= 11 is 0. The van der Waals surface area contributed by atoms with Crippen molar-refractivity contribution in [2.45, 2.75) is 38.9 Å². The number of hydrogen-bond acceptors (Lipinski definition) is 3. The lowest BCUT2D eigenvalue weighted by atomic mass is 10.1. The summed E-state index contributed by atoms with van der Waals surface area (Å²) < 4.78 is 1.73. The van der Waals surface area contributed by atoms with E-state index in [1.807, 2.05) is 33.0 Å². The van der Waals surface area contributed by atoms with Crippen LogP contribution in [0.25, 0.3) is 0 Å². The maximum Gasteiger partial charge on any atom is 0.236 e. The highest BCUT2D eigenvalue weighted by Crippen LogP contribution is 2.09. The van der Waals surface area contributed by atoms with E-state index in [1.165, 1.54) is 0 Å². The molecule has 1 aromatic rings. The molecule has 0 aliphatic heterocycles. The Bertz CT molecular complexity index is 307. The van der Waals surface area contributed by atoms with Gasteiger partial charge in [-0.15, -0.1) is 0 Å². The predicted molar refractivity (Wildman–Crippen MR) is 58.2 cm³/mol. The second kappa shape index (κ2) is 4.93. The Morgan fingerprint density at radius 2 is 2.13 bits per heavy atom. The van der Waals surface area contributed by atoms with Gasteiger partial charge in [0.2, 0.25) is 5.91 Å². The fourth-order valence-electron chi connectivity index (χ4n) is 1.49. The van der Waals surface area contributed by atoms with Crippen LogP contribution in [0.4, 0.5) is 0 Å². The van der Waals surface area contributed by atoms with Crippen molar-refractivity contribution in [3.63, 3.8) is 0 Å². The smallest absolute Gasteiger partial charge is 0.236 e. The van der Waals surface area contributed by atoms with Gasteiger partial charge in [0.15, 0.2) is 0 Å². The van der Waals surface area contributed by atoms with Gasteiger partial charge >= 0.3 is 0 Å². The molecule has 1 aromatic heterocycles. The van der Waals surface area contributed by atoms with Crippen molar-refractivity contribution in [3.05, 3.63) is 18.5 Å². The summed E-state index contributed by atoms with van der Waals surface area (Å²) in [5, 5.41) is 7.23. The van der Waals surface area contributed by atoms with Crippen LogP contribution in [-0.2, 0) is 4.79 Å². The van der Waals surface area contributed by atoms with Crippen LogP contribution in [0.5, 0.6) is 0 Å². The first kappa shape index (κ1) is 11.7. The number of carbonyl (C=O) groups is 1. The summed E-state index contributed by atoms with van der Waals surface area (Å²) in [6.07, 6.45) is 3.51. The Morgan fingerprint density at radius 1 is 1.47 bits per heavy atom. The summed E-state index contributed by atoms with van der Waals surface area (Å²) in [4.78, 5) is 11.3. The maximum absolute atomic E-state index is 11.3. The zero-order valence-corrected chi connectivity index (χ0v) is 9.34. The predicted octanol–water partition coefficient (Wildman–Crippen LogP) is 0.296. The summed E-state index contributed by atoms with van der Waals surface area (Å²) in [5.74, 6) is -0.355. The molecule has 2 atom stereocenters. The molecule has 0 bridgehead atoms. The van der Waals surface area contributed by atoms with Gasteiger partial charge < -0.3 is 11.1 Å². The molecule has 5 nitrogen and oxygen atoms in total. The maximum atomic E-state index is 11.3. The normalized spacial score (nSPS) is 15.2. The fraction of sp³-hybridized carbons (Fsp3) is 0.600. The van der Waals surface area contributed by atoms with Crippen molar-refractivity contribution < 1.29 is 4.79 Å². The average Bonchev–Trinajstić information content (AvgIpc) is 2.65. The Balaban J connectivity index is 2.76. The van der Waals surface area contributed by atoms with Gasteiger partial charge in [0.05, 0.1) is 6.04 Å². The number of nitrogens with zero attached hydrogens (tertiary/aromatic N) is 2. The van der Waals surface area contributed by atoms with E-state index in [-0.39, 0.29) is 18.0 Å². The number of rotatable bonds is 5. The molecule has 0 saturated heterocycles.